The summed E-state index contributed by atoms with van der Waals surface area (Å²) in [4.78, 5) is 9.60. The zero-order valence-electron chi connectivity index (χ0n) is 20.2. The summed E-state index contributed by atoms with van der Waals surface area (Å²) in [6, 6.07) is 9.87. The maximum Gasteiger partial charge on any atom is 0.293 e. The van der Waals surface area contributed by atoms with Gasteiger partial charge in [-0.1, -0.05) is 35.4 Å². The first-order valence-corrected chi connectivity index (χ1v) is 12.2. The molecule has 3 fully saturated rings. The van der Waals surface area contributed by atoms with E-state index in [0.717, 1.165) is 12.0 Å². The van der Waals surface area contributed by atoms with Gasteiger partial charge in [0.15, 0.2) is 0 Å². The van der Waals surface area contributed by atoms with Gasteiger partial charge in [0.25, 0.3) is 6.47 Å². The normalized spacial score (nSPS) is 22.6. The maximum absolute atomic E-state index is 9.60. The number of aryl methyl sites for hydroxylation is 1. The first-order chi connectivity index (χ1) is 14.9. The summed E-state index contributed by atoms with van der Waals surface area (Å²) in [7, 11) is 0. The van der Waals surface area contributed by atoms with Crippen molar-refractivity contribution < 1.29 is 9.53 Å². The van der Waals surface area contributed by atoms with Crippen molar-refractivity contribution in [2.45, 2.75) is 103 Å². The number of benzene rings is 1. The van der Waals surface area contributed by atoms with Crippen LogP contribution >= 0.6 is 0 Å². The van der Waals surface area contributed by atoms with Crippen LogP contribution in [0.1, 0.15) is 95.6 Å². The highest BCUT2D eigenvalue weighted by Crippen LogP contribution is 2.33. The Bertz CT molecular complexity index is 635. The lowest BCUT2D eigenvalue weighted by molar-refractivity contribution is -0.138. The smallest absolute Gasteiger partial charge is 0.293 e. The fourth-order valence-corrected chi connectivity index (χ4v) is 3.96. The van der Waals surface area contributed by atoms with Gasteiger partial charge < -0.3 is 15.4 Å². The summed E-state index contributed by atoms with van der Waals surface area (Å²) >= 11 is 0. The van der Waals surface area contributed by atoms with Gasteiger partial charge in [-0.15, -0.1) is 0 Å². The average molecular weight is 429 g/mol. The number of carbonyl (C=O) groups excluding carboxylic acids is 1. The molecule has 174 valence electrons. The molecule has 4 rings (SSSR count). The molecule has 1 saturated heterocycles. The fourth-order valence-electron chi connectivity index (χ4n) is 3.96. The molecule has 0 spiro atoms. The third-order valence-electron chi connectivity index (χ3n) is 6.15. The number of allylic oxidation sites excluding steroid dienone is 1. The lowest BCUT2D eigenvalue weighted by Crippen LogP contribution is -2.29. The summed E-state index contributed by atoms with van der Waals surface area (Å²) in [5, 5.41) is 6.86. The minimum Gasteiger partial charge on any atom is -0.462 e. The standard InChI is InChI=1S/C18H25N.C5H10O2.C4H9N/c1-14-5-7-16(8-6-14)17-9-11-18(12-10-17)19-13-15-3-2-4-15;1-5(2,3)7-4-6;1-2-4-5-3-1/h5-8,13,17-19H,2-4,9-12H2,1H3;4H,1-3H3;5H,1-4H2. The second-order valence-electron chi connectivity index (χ2n) is 10.1. The van der Waals surface area contributed by atoms with E-state index in [1.165, 1.54) is 76.4 Å². The molecule has 4 heteroatoms. The van der Waals surface area contributed by atoms with Crippen molar-refractivity contribution in [1.82, 2.24) is 10.6 Å². The van der Waals surface area contributed by atoms with Crippen molar-refractivity contribution in [2.75, 3.05) is 13.1 Å². The number of hydrogen-bond acceptors (Lipinski definition) is 4. The number of nitrogens with one attached hydrogen (secondary N) is 2. The third-order valence-corrected chi connectivity index (χ3v) is 6.15. The Hall–Kier alpha value is -1.81. The molecule has 31 heavy (non-hydrogen) atoms. The molecule has 0 radical (unpaired) electrons. The van der Waals surface area contributed by atoms with Crippen molar-refractivity contribution in [3.05, 3.63) is 47.2 Å². The molecule has 4 nitrogen and oxygen atoms in total. The Balaban J connectivity index is 0.000000234. The molecule has 1 heterocycles. The highest BCUT2D eigenvalue weighted by Gasteiger charge is 2.21. The van der Waals surface area contributed by atoms with Gasteiger partial charge in [0.05, 0.1) is 0 Å². The van der Waals surface area contributed by atoms with E-state index in [-0.39, 0.29) is 5.60 Å². The predicted molar refractivity (Wildman–Crippen MR) is 130 cm³/mol. The lowest BCUT2D eigenvalue weighted by atomic mass is 9.81. The van der Waals surface area contributed by atoms with Crippen LogP contribution in [0.25, 0.3) is 0 Å². The van der Waals surface area contributed by atoms with Gasteiger partial charge in [0.2, 0.25) is 0 Å². The van der Waals surface area contributed by atoms with Crippen LogP contribution in [0.4, 0.5) is 0 Å². The summed E-state index contributed by atoms with van der Waals surface area (Å²) in [5.74, 6) is 0.787. The van der Waals surface area contributed by atoms with E-state index in [0.29, 0.717) is 6.47 Å². The number of hydrogen-bond donors (Lipinski definition) is 2. The molecule has 2 aliphatic carbocycles. The molecule has 3 aliphatic rings. The summed E-state index contributed by atoms with van der Waals surface area (Å²) in [6.45, 7) is 10.6. The van der Waals surface area contributed by atoms with Crippen molar-refractivity contribution in [2.24, 2.45) is 0 Å². The first-order valence-electron chi connectivity index (χ1n) is 12.2. The molecule has 1 aliphatic heterocycles. The Labute approximate surface area is 190 Å². The molecule has 0 amide bonds. The summed E-state index contributed by atoms with van der Waals surface area (Å²) < 4.78 is 4.55. The zero-order chi connectivity index (χ0) is 22.5. The molecule has 1 aromatic carbocycles. The molecule has 0 bridgehead atoms. The van der Waals surface area contributed by atoms with Gasteiger partial charge in [0, 0.05) is 6.04 Å². The minimum absolute atomic E-state index is 0.318. The minimum atomic E-state index is -0.318. The van der Waals surface area contributed by atoms with E-state index in [2.05, 4.69) is 52.8 Å². The van der Waals surface area contributed by atoms with Gasteiger partial charge in [0.1, 0.15) is 5.60 Å². The summed E-state index contributed by atoms with van der Waals surface area (Å²) in [5.41, 5.74) is 4.22. The fraction of sp³-hybridized carbons (Fsp3) is 0.667. The van der Waals surface area contributed by atoms with Crippen molar-refractivity contribution >= 4 is 6.47 Å². The predicted octanol–water partition coefficient (Wildman–Crippen LogP) is 6.01. The number of rotatable bonds is 4. The molecule has 0 atom stereocenters. The second-order valence-corrected chi connectivity index (χ2v) is 10.1. The number of carbonyl (C=O) groups is 1. The third kappa shape index (κ3) is 10.9. The van der Waals surface area contributed by atoms with Crippen LogP contribution in [0.3, 0.4) is 0 Å². The van der Waals surface area contributed by atoms with Crippen molar-refractivity contribution in [3.63, 3.8) is 0 Å². The molecular formula is C27H44N2O2. The van der Waals surface area contributed by atoms with Crippen molar-refractivity contribution in [3.8, 4) is 0 Å². The van der Waals surface area contributed by atoms with E-state index in [1.807, 2.05) is 20.8 Å². The van der Waals surface area contributed by atoms with Crippen LogP contribution in [0.15, 0.2) is 36.0 Å². The quantitative estimate of drug-likeness (QED) is 0.577. The van der Waals surface area contributed by atoms with E-state index in [4.69, 9.17) is 0 Å². The van der Waals surface area contributed by atoms with Crippen LogP contribution in [-0.2, 0) is 9.53 Å². The second kappa shape index (κ2) is 13.6. The van der Waals surface area contributed by atoms with Gasteiger partial charge in [-0.05, 0) is 116 Å². The largest absolute Gasteiger partial charge is 0.462 e. The highest BCUT2D eigenvalue weighted by molar-refractivity contribution is 5.37. The molecular weight excluding hydrogens is 384 g/mol. The zero-order valence-corrected chi connectivity index (χ0v) is 20.2. The van der Waals surface area contributed by atoms with Gasteiger partial charge in [-0.3, -0.25) is 4.79 Å². The van der Waals surface area contributed by atoms with Gasteiger partial charge in [-0.2, -0.15) is 0 Å². The van der Waals surface area contributed by atoms with E-state index in [9.17, 15) is 4.79 Å². The SMILES string of the molecule is C1CCNC1.CC(C)(C)OC=O.Cc1ccc(C2CCC(NC=C3CCC3)CC2)cc1. The molecule has 2 N–H and O–H groups in total. The topological polar surface area (TPSA) is 50.4 Å². The first kappa shape index (κ1) is 25.5. The van der Waals surface area contributed by atoms with Crippen LogP contribution in [0.5, 0.6) is 0 Å². The van der Waals surface area contributed by atoms with Crippen LogP contribution < -0.4 is 10.6 Å². The van der Waals surface area contributed by atoms with Crippen LogP contribution in [-0.4, -0.2) is 31.2 Å². The van der Waals surface area contributed by atoms with E-state index < -0.39 is 0 Å². The Kier molecular flexibility index (Phi) is 11.1. The van der Waals surface area contributed by atoms with E-state index in [1.54, 1.807) is 11.1 Å². The van der Waals surface area contributed by atoms with Crippen molar-refractivity contribution in [1.29, 1.82) is 0 Å². The van der Waals surface area contributed by atoms with E-state index >= 15 is 0 Å². The number of ether oxygens (including phenoxy) is 1. The highest BCUT2D eigenvalue weighted by atomic mass is 16.5. The maximum atomic E-state index is 9.60. The van der Waals surface area contributed by atoms with Gasteiger partial charge in [-0.25, -0.2) is 0 Å². The van der Waals surface area contributed by atoms with Gasteiger partial charge >= 0.3 is 0 Å². The molecule has 1 aromatic rings. The monoisotopic (exact) mass is 428 g/mol. The summed E-state index contributed by atoms with van der Waals surface area (Å²) in [6.07, 6.45) is 14.4. The molecule has 0 aromatic heterocycles. The van der Waals surface area contributed by atoms with Crippen LogP contribution in [0.2, 0.25) is 0 Å². The Morgan fingerprint density at radius 3 is 1.97 bits per heavy atom. The Morgan fingerprint density at radius 2 is 1.58 bits per heavy atom. The Morgan fingerprint density at radius 1 is 0.968 bits per heavy atom. The lowest BCUT2D eigenvalue weighted by Gasteiger charge is -2.30. The molecule has 2 saturated carbocycles. The molecule has 0 unspecified atom stereocenters. The van der Waals surface area contributed by atoms with Crippen LogP contribution in [0, 0.1) is 6.92 Å². The average Bonchev–Trinajstić information content (AvgIpc) is 3.28.